The lowest BCUT2D eigenvalue weighted by atomic mass is 10.0. The summed E-state index contributed by atoms with van der Waals surface area (Å²) in [5, 5.41) is 0. The fraction of sp³-hybridized carbons (Fsp3) is 0.333. The molecule has 0 fully saturated rings. The third-order valence-electron chi connectivity index (χ3n) is 4.92. The Labute approximate surface area is 190 Å². The van der Waals surface area contributed by atoms with E-state index < -0.39 is 22.0 Å². The molecule has 9 nitrogen and oxygen atoms in total. The molecule has 0 saturated carbocycles. The molecule has 1 atom stereocenters. The Bertz CT molecular complexity index is 1220. The molecule has 1 aromatic heterocycles. The van der Waals surface area contributed by atoms with Gasteiger partial charge in [-0.25, -0.2) is 13.2 Å². The van der Waals surface area contributed by atoms with Gasteiger partial charge in [0.15, 0.2) is 0 Å². The highest BCUT2D eigenvalue weighted by Gasteiger charge is 2.31. The van der Waals surface area contributed by atoms with E-state index in [4.69, 9.17) is 0 Å². The Morgan fingerprint density at radius 3 is 2.44 bits per heavy atom. The minimum Gasteiger partial charge on any atom is -0.465 e. The number of ether oxygens (including phenoxy) is 1. The molecule has 0 saturated heterocycles. The molecular weight excluding hydrogens is 452 g/mol. The van der Waals surface area contributed by atoms with Gasteiger partial charge in [-0.3, -0.25) is 4.79 Å². The molecule has 0 aliphatic carbocycles. The van der Waals surface area contributed by atoms with Crippen LogP contribution < -0.4 is 4.72 Å². The van der Waals surface area contributed by atoms with Gasteiger partial charge >= 0.3 is 5.97 Å². The third kappa shape index (κ3) is 5.12. The molecule has 11 heteroatoms. The van der Waals surface area contributed by atoms with Gasteiger partial charge in [-0.2, -0.15) is 13.5 Å². The molecule has 1 heterocycles. The predicted molar refractivity (Wildman–Crippen MR) is 121 cm³/mol. The van der Waals surface area contributed by atoms with E-state index in [1.54, 1.807) is 57.3 Å². The van der Waals surface area contributed by atoms with Crippen LogP contribution in [0.3, 0.4) is 0 Å². The van der Waals surface area contributed by atoms with Crippen molar-refractivity contribution in [3.63, 3.8) is 0 Å². The highest BCUT2D eigenvalue weighted by molar-refractivity contribution is 7.89. The quantitative estimate of drug-likeness (QED) is 0.496. The first kappa shape index (κ1) is 23.8. The Morgan fingerprint density at radius 2 is 1.81 bits per heavy atom. The van der Waals surface area contributed by atoms with Crippen LogP contribution in [0.4, 0.5) is 0 Å². The molecule has 1 amide bonds. The van der Waals surface area contributed by atoms with Crippen LogP contribution in [0.5, 0.6) is 0 Å². The van der Waals surface area contributed by atoms with E-state index in [9.17, 15) is 18.0 Å². The summed E-state index contributed by atoms with van der Waals surface area (Å²) in [6, 6.07) is 10.4. The van der Waals surface area contributed by atoms with Gasteiger partial charge in [-0.1, -0.05) is 32.0 Å². The van der Waals surface area contributed by atoms with Crippen molar-refractivity contribution in [2.75, 3.05) is 14.2 Å². The molecule has 1 unspecified atom stereocenters. The number of nitrogens with zero attached hydrogens (tertiary/aromatic N) is 3. The maximum Gasteiger partial charge on any atom is 0.337 e. The summed E-state index contributed by atoms with van der Waals surface area (Å²) >= 11 is 0.929. The number of fused-ring (bicyclic) bond motifs is 1. The molecule has 3 rings (SSSR count). The molecule has 0 bridgehead atoms. The first-order valence-electron chi connectivity index (χ1n) is 9.80. The van der Waals surface area contributed by atoms with Crippen molar-refractivity contribution in [3.8, 4) is 0 Å². The molecule has 2 aromatic carbocycles. The molecule has 32 heavy (non-hydrogen) atoms. The number of rotatable bonds is 8. The van der Waals surface area contributed by atoms with Crippen LogP contribution in [0, 0.1) is 5.92 Å². The molecule has 0 aliphatic heterocycles. The number of esters is 1. The second-order valence-electron chi connectivity index (χ2n) is 7.61. The van der Waals surface area contributed by atoms with Crippen molar-refractivity contribution in [2.45, 2.75) is 31.3 Å². The number of carbonyl (C=O) groups excluding carboxylic acids is 2. The zero-order valence-electron chi connectivity index (χ0n) is 18.1. The lowest BCUT2D eigenvalue weighted by Crippen LogP contribution is -2.49. The fourth-order valence-corrected chi connectivity index (χ4v) is 5.26. The number of sulfonamides is 1. The Morgan fingerprint density at radius 1 is 1.12 bits per heavy atom. The second kappa shape index (κ2) is 9.72. The molecule has 0 spiro atoms. The fourth-order valence-electron chi connectivity index (χ4n) is 3.15. The Hall–Kier alpha value is -2.89. The van der Waals surface area contributed by atoms with Crippen molar-refractivity contribution in [1.29, 1.82) is 0 Å². The van der Waals surface area contributed by atoms with Gasteiger partial charge in [-0.15, -0.1) is 0 Å². The average Bonchev–Trinajstić information content (AvgIpc) is 3.25. The van der Waals surface area contributed by atoms with Crippen molar-refractivity contribution in [2.24, 2.45) is 5.92 Å². The number of likely N-dealkylation sites (N-methyl/N-ethyl adjacent to an activating group) is 1. The summed E-state index contributed by atoms with van der Waals surface area (Å²) in [7, 11) is -1.11. The summed E-state index contributed by atoms with van der Waals surface area (Å²) in [6.07, 6.45) is 0. The Balaban J connectivity index is 1.78. The van der Waals surface area contributed by atoms with Crippen LogP contribution in [0.25, 0.3) is 11.0 Å². The zero-order valence-corrected chi connectivity index (χ0v) is 19.7. The monoisotopic (exact) mass is 476 g/mol. The number of hydrogen-bond donors (Lipinski definition) is 1. The molecule has 0 aliphatic rings. The standard InChI is InChI=1S/C21H24N4O5S2/c1-13(2)18(24-32(28,29)17-7-5-6-16-19(17)23-31-22-16)20(26)25(3)12-14-8-10-15(11-9-14)21(27)30-4/h5-11,13,18,24H,12H2,1-4H3. The molecule has 1 N–H and O–H groups in total. The minimum absolute atomic E-state index is 0.0109. The van der Waals surface area contributed by atoms with Gasteiger partial charge < -0.3 is 9.64 Å². The van der Waals surface area contributed by atoms with E-state index in [0.29, 0.717) is 11.1 Å². The van der Waals surface area contributed by atoms with Gasteiger partial charge in [0.2, 0.25) is 15.9 Å². The molecule has 3 aromatic rings. The van der Waals surface area contributed by atoms with Gasteiger partial charge in [-0.05, 0) is 35.7 Å². The largest absolute Gasteiger partial charge is 0.465 e. The van der Waals surface area contributed by atoms with Crippen LogP contribution in [0.2, 0.25) is 0 Å². The van der Waals surface area contributed by atoms with E-state index in [1.807, 2.05) is 0 Å². The first-order chi connectivity index (χ1) is 15.1. The third-order valence-corrected chi connectivity index (χ3v) is 6.94. The smallest absolute Gasteiger partial charge is 0.337 e. The minimum atomic E-state index is -4.02. The normalized spacial score (nSPS) is 12.7. The first-order valence-corrected chi connectivity index (χ1v) is 12.0. The van der Waals surface area contributed by atoms with E-state index in [0.717, 1.165) is 17.3 Å². The van der Waals surface area contributed by atoms with E-state index >= 15 is 0 Å². The summed E-state index contributed by atoms with van der Waals surface area (Å²) in [6.45, 7) is 3.79. The zero-order chi connectivity index (χ0) is 23.5. The van der Waals surface area contributed by atoms with Crippen LogP contribution in [-0.4, -0.2) is 54.1 Å². The maximum absolute atomic E-state index is 13.1. The number of aromatic nitrogens is 2. The van der Waals surface area contributed by atoms with E-state index in [-0.39, 0.29) is 28.8 Å². The summed E-state index contributed by atoms with van der Waals surface area (Å²) < 4.78 is 41.6. The van der Waals surface area contributed by atoms with E-state index in [2.05, 4.69) is 18.2 Å². The number of carbonyl (C=O) groups is 2. The summed E-state index contributed by atoms with van der Waals surface area (Å²) in [4.78, 5) is 26.1. The van der Waals surface area contributed by atoms with Crippen molar-refractivity contribution in [1.82, 2.24) is 18.4 Å². The SMILES string of the molecule is COC(=O)c1ccc(CN(C)C(=O)C(NS(=O)(=O)c2cccc3nsnc23)C(C)C)cc1. The van der Waals surface area contributed by atoms with Gasteiger partial charge in [0.25, 0.3) is 0 Å². The summed E-state index contributed by atoms with van der Waals surface area (Å²) in [5.41, 5.74) is 1.96. The number of hydrogen-bond acceptors (Lipinski definition) is 8. The van der Waals surface area contributed by atoms with E-state index in [1.165, 1.54) is 18.1 Å². The number of nitrogens with one attached hydrogen (secondary N) is 1. The topological polar surface area (TPSA) is 119 Å². The second-order valence-corrected chi connectivity index (χ2v) is 9.82. The molecule has 170 valence electrons. The highest BCUT2D eigenvalue weighted by Crippen LogP contribution is 2.22. The predicted octanol–water partition coefficient (Wildman–Crippen LogP) is 2.44. The highest BCUT2D eigenvalue weighted by atomic mass is 32.2. The Kier molecular flexibility index (Phi) is 7.22. The number of amides is 1. The maximum atomic E-state index is 13.1. The summed E-state index contributed by atoms with van der Waals surface area (Å²) in [5.74, 6) is -1.11. The van der Waals surface area contributed by atoms with Crippen LogP contribution in [0.15, 0.2) is 47.4 Å². The average molecular weight is 477 g/mol. The molecule has 0 radical (unpaired) electrons. The lowest BCUT2D eigenvalue weighted by Gasteiger charge is -2.27. The van der Waals surface area contributed by atoms with Crippen LogP contribution in [-0.2, 0) is 26.1 Å². The van der Waals surface area contributed by atoms with Gasteiger partial charge in [0.05, 0.1) is 24.4 Å². The van der Waals surface area contributed by atoms with Crippen LogP contribution >= 0.6 is 11.7 Å². The molecular formula is C21H24N4O5S2. The number of methoxy groups -OCH3 is 1. The van der Waals surface area contributed by atoms with Gasteiger partial charge in [0.1, 0.15) is 22.0 Å². The van der Waals surface area contributed by atoms with Crippen molar-refractivity contribution >= 4 is 44.7 Å². The van der Waals surface area contributed by atoms with Gasteiger partial charge in [0, 0.05) is 13.6 Å². The number of benzene rings is 2. The van der Waals surface area contributed by atoms with Crippen molar-refractivity contribution in [3.05, 3.63) is 53.6 Å². The van der Waals surface area contributed by atoms with Crippen molar-refractivity contribution < 1.29 is 22.7 Å². The van der Waals surface area contributed by atoms with Crippen LogP contribution in [0.1, 0.15) is 29.8 Å². The lowest BCUT2D eigenvalue weighted by molar-refractivity contribution is -0.133.